The van der Waals surface area contributed by atoms with Crippen molar-refractivity contribution in [2.45, 2.75) is 38.6 Å². The molecule has 0 saturated heterocycles. The van der Waals surface area contributed by atoms with Crippen LogP contribution in [0.4, 0.5) is 5.69 Å². The molecule has 34 heavy (non-hydrogen) atoms. The van der Waals surface area contributed by atoms with Crippen molar-refractivity contribution in [2.24, 2.45) is 0 Å². The van der Waals surface area contributed by atoms with E-state index in [-0.39, 0.29) is 24.4 Å². The fourth-order valence-corrected chi connectivity index (χ4v) is 5.55. The zero-order chi connectivity index (χ0) is 23.7. The minimum absolute atomic E-state index is 0.0709. The maximum absolute atomic E-state index is 13.8. The van der Waals surface area contributed by atoms with Crippen LogP contribution >= 0.6 is 11.3 Å². The predicted octanol–water partition coefficient (Wildman–Crippen LogP) is 5.47. The number of nitrogens with one attached hydrogen (secondary N) is 1. The first-order chi connectivity index (χ1) is 16.5. The van der Waals surface area contributed by atoms with Crippen molar-refractivity contribution in [3.8, 4) is 5.75 Å². The molecule has 2 aromatic carbocycles. The maximum Gasteiger partial charge on any atom is 0.269 e. The number of carbonyl (C=O) groups is 2. The molecule has 2 amide bonds. The van der Waals surface area contributed by atoms with Crippen molar-refractivity contribution >= 4 is 50.0 Å². The summed E-state index contributed by atoms with van der Waals surface area (Å²) >= 11 is 1.35. The Balaban J connectivity index is 1.50. The number of pyridine rings is 1. The number of fused-ring (bicyclic) bond motifs is 2. The van der Waals surface area contributed by atoms with Crippen LogP contribution in [0, 0.1) is 6.92 Å². The summed E-state index contributed by atoms with van der Waals surface area (Å²) < 4.78 is 5.52. The SMILES string of the molecule is COc1ccccc1N(CC(=O)NC1CCCC1)C(=O)c1cc2cc3ccc(C)cc3nc2s1. The van der Waals surface area contributed by atoms with Gasteiger partial charge < -0.3 is 10.1 Å². The Hall–Kier alpha value is -3.45. The molecule has 1 N–H and O–H groups in total. The molecule has 2 heterocycles. The molecule has 6 nitrogen and oxygen atoms in total. The molecule has 0 unspecified atom stereocenters. The molecule has 0 spiro atoms. The second-order valence-corrected chi connectivity index (χ2v) is 9.83. The number of nitrogens with zero attached hydrogens (tertiary/aromatic N) is 2. The normalized spacial score (nSPS) is 13.9. The monoisotopic (exact) mass is 473 g/mol. The first-order valence-electron chi connectivity index (χ1n) is 11.6. The van der Waals surface area contributed by atoms with E-state index in [9.17, 15) is 9.59 Å². The van der Waals surface area contributed by atoms with Crippen LogP contribution in [0.15, 0.2) is 54.6 Å². The number of carbonyl (C=O) groups excluding carboxylic acids is 2. The molecule has 5 rings (SSSR count). The van der Waals surface area contributed by atoms with Gasteiger partial charge in [-0.3, -0.25) is 14.5 Å². The topological polar surface area (TPSA) is 71.5 Å². The van der Waals surface area contributed by atoms with E-state index in [2.05, 4.69) is 17.4 Å². The van der Waals surface area contributed by atoms with Gasteiger partial charge >= 0.3 is 0 Å². The summed E-state index contributed by atoms with van der Waals surface area (Å²) in [5.74, 6) is 0.144. The van der Waals surface area contributed by atoms with Crippen molar-refractivity contribution < 1.29 is 14.3 Å². The molecular weight excluding hydrogens is 446 g/mol. The molecule has 1 fully saturated rings. The zero-order valence-electron chi connectivity index (χ0n) is 19.3. The number of amides is 2. The second kappa shape index (κ2) is 9.43. The Morgan fingerprint density at radius 1 is 1.09 bits per heavy atom. The Morgan fingerprint density at radius 3 is 2.68 bits per heavy atom. The zero-order valence-corrected chi connectivity index (χ0v) is 20.2. The van der Waals surface area contributed by atoms with Gasteiger partial charge in [-0.2, -0.15) is 0 Å². The van der Waals surface area contributed by atoms with Crippen molar-refractivity contribution in [1.29, 1.82) is 0 Å². The smallest absolute Gasteiger partial charge is 0.269 e. The highest BCUT2D eigenvalue weighted by atomic mass is 32.1. The molecule has 7 heteroatoms. The average Bonchev–Trinajstić information content (AvgIpc) is 3.50. The quantitative estimate of drug-likeness (QED) is 0.403. The third-order valence-corrected chi connectivity index (χ3v) is 7.35. The number of para-hydroxylation sites is 2. The molecule has 0 bridgehead atoms. The van der Waals surface area contributed by atoms with Crippen LogP contribution in [0.2, 0.25) is 0 Å². The number of aryl methyl sites for hydroxylation is 1. The molecule has 174 valence electrons. The third-order valence-electron chi connectivity index (χ3n) is 6.31. The Labute approximate surface area is 202 Å². The highest BCUT2D eigenvalue weighted by Gasteiger charge is 2.27. The number of aromatic nitrogens is 1. The van der Waals surface area contributed by atoms with Gasteiger partial charge in [0.15, 0.2) is 0 Å². The largest absolute Gasteiger partial charge is 0.495 e. The van der Waals surface area contributed by atoms with Gasteiger partial charge in [0, 0.05) is 16.8 Å². The minimum Gasteiger partial charge on any atom is -0.495 e. The van der Waals surface area contributed by atoms with Crippen LogP contribution in [0.5, 0.6) is 5.75 Å². The number of hydrogen-bond acceptors (Lipinski definition) is 5. The molecule has 1 aliphatic rings. The molecule has 1 aliphatic carbocycles. The van der Waals surface area contributed by atoms with Crippen LogP contribution in [0.3, 0.4) is 0 Å². The summed E-state index contributed by atoms with van der Waals surface area (Å²) in [4.78, 5) is 34.3. The number of hydrogen-bond donors (Lipinski definition) is 1. The van der Waals surface area contributed by atoms with Gasteiger partial charge in [0.05, 0.1) is 23.2 Å². The van der Waals surface area contributed by atoms with Crippen LogP contribution in [0.1, 0.15) is 40.9 Å². The number of ether oxygens (including phenoxy) is 1. The van der Waals surface area contributed by atoms with Gasteiger partial charge in [-0.15, -0.1) is 11.3 Å². The molecule has 2 aromatic heterocycles. The predicted molar refractivity (Wildman–Crippen MR) is 137 cm³/mol. The number of benzene rings is 2. The van der Waals surface area contributed by atoms with Crippen molar-refractivity contribution in [3.63, 3.8) is 0 Å². The molecule has 0 aliphatic heterocycles. The number of thiophene rings is 1. The average molecular weight is 474 g/mol. The van der Waals surface area contributed by atoms with Gasteiger partial charge in [0.2, 0.25) is 5.91 Å². The summed E-state index contributed by atoms with van der Waals surface area (Å²) in [6.45, 7) is 1.97. The van der Waals surface area contributed by atoms with Crippen molar-refractivity contribution in [2.75, 3.05) is 18.6 Å². The summed E-state index contributed by atoms with van der Waals surface area (Å²) in [7, 11) is 1.57. The van der Waals surface area contributed by atoms with Gasteiger partial charge in [-0.05, 0) is 55.7 Å². The number of anilines is 1. The number of rotatable bonds is 6. The minimum atomic E-state index is -0.241. The Morgan fingerprint density at radius 2 is 1.88 bits per heavy atom. The van der Waals surface area contributed by atoms with Gasteiger partial charge in [-0.25, -0.2) is 4.98 Å². The lowest BCUT2D eigenvalue weighted by Gasteiger charge is -2.24. The van der Waals surface area contributed by atoms with E-state index in [1.807, 2.05) is 43.3 Å². The fourth-order valence-electron chi connectivity index (χ4n) is 4.58. The van der Waals surface area contributed by atoms with Crippen LogP contribution in [-0.4, -0.2) is 36.5 Å². The van der Waals surface area contributed by atoms with E-state index in [4.69, 9.17) is 9.72 Å². The summed E-state index contributed by atoms with van der Waals surface area (Å²) in [5, 5.41) is 5.05. The number of methoxy groups -OCH3 is 1. The fraction of sp³-hybridized carbons (Fsp3) is 0.296. The van der Waals surface area contributed by atoms with E-state index in [1.54, 1.807) is 13.2 Å². The maximum atomic E-state index is 13.8. The molecule has 1 saturated carbocycles. The summed E-state index contributed by atoms with van der Waals surface area (Å²) in [6, 6.07) is 17.6. The van der Waals surface area contributed by atoms with Gasteiger partial charge in [0.25, 0.3) is 5.91 Å². The Kier molecular flexibility index (Phi) is 6.20. The van der Waals surface area contributed by atoms with Crippen LogP contribution in [-0.2, 0) is 4.79 Å². The van der Waals surface area contributed by atoms with Crippen molar-refractivity contribution in [1.82, 2.24) is 10.3 Å². The van der Waals surface area contributed by atoms with Crippen LogP contribution in [0.25, 0.3) is 21.1 Å². The Bertz CT molecular complexity index is 1370. The van der Waals surface area contributed by atoms with Gasteiger partial charge in [0.1, 0.15) is 17.1 Å². The lowest BCUT2D eigenvalue weighted by Crippen LogP contribution is -2.43. The van der Waals surface area contributed by atoms with E-state index < -0.39 is 0 Å². The molecule has 0 atom stereocenters. The van der Waals surface area contributed by atoms with E-state index in [0.717, 1.165) is 52.4 Å². The summed E-state index contributed by atoms with van der Waals surface area (Å²) in [6.07, 6.45) is 4.23. The first kappa shape index (κ1) is 22.3. The van der Waals surface area contributed by atoms with Gasteiger partial charge in [-0.1, -0.05) is 37.1 Å². The lowest BCUT2D eigenvalue weighted by molar-refractivity contribution is -0.120. The third kappa shape index (κ3) is 4.48. The molecule has 0 radical (unpaired) electrons. The van der Waals surface area contributed by atoms with Crippen molar-refractivity contribution in [3.05, 3.63) is 65.0 Å². The summed E-state index contributed by atoms with van der Waals surface area (Å²) in [5.41, 5.74) is 2.62. The second-order valence-electron chi connectivity index (χ2n) is 8.80. The highest BCUT2D eigenvalue weighted by Crippen LogP contribution is 2.33. The lowest BCUT2D eigenvalue weighted by atomic mass is 10.1. The van der Waals surface area contributed by atoms with Crippen LogP contribution < -0.4 is 15.0 Å². The first-order valence-corrected chi connectivity index (χ1v) is 12.4. The standard InChI is InChI=1S/C27H27N3O3S/c1-17-11-12-18-14-19-15-24(34-26(19)29-21(18)13-17)27(32)30(22-9-5-6-10-23(22)33-2)16-25(31)28-20-7-3-4-8-20/h5-6,9-15,20H,3-4,7-8,16H2,1-2H3,(H,28,31). The molecular formula is C27H27N3O3S. The van der Waals surface area contributed by atoms with E-state index in [0.29, 0.717) is 16.3 Å². The highest BCUT2D eigenvalue weighted by molar-refractivity contribution is 7.20. The molecule has 4 aromatic rings. The van der Waals surface area contributed by atoms with E-state index >= 15 is 0 Å². The van der Waals surface area contributed by atoms with E-state index in [1.165, 1.54) is 16.2 Å².